The number of amides is 2. The molecule has 5 rings (SSSR count). The molecular formula is C26H29N3O5. The van der Waals surface area contributed by atoms with Crippen LogP contribution in [-0.2, 0) is 14.3 Å². The minimum absolute atomic E-state index is 0.00512. The van der Waals surface area contributed by atoms with E-state index < -0.39 is 18.1 Å². The van der Waals surface area contributed by atoms with Crippen LogP contribution in [0.1, 0.15) is 42.7 Å². The highest BCUT2D eigenvalue weighted by atomic mass is 16.5. The minimum atomic E-state index is -1.02. The molecule has 2 aromatic rings. The Kier molecular flexibility index (Phi) is 6.00. The lowest BCUT2D eigenvalue weighted by Crippen LogP contribution is -2.55. The third-order valence-corrected chi connectivity index (χ3v) is 7.33. The Morgan fingerprint density at radius 3 is 2.21 bits per heavy atom. The molecule has 2 aromatic carbocycles. The second-order valence-electron chi connectivity index (χ2n) is 9.50. The maximum Gasteiger partial charge on any atom is 0.407 e. The first-order valence-corrected chi connectivity index (χ1v) is 11.8. The van der Waals surface area contributed by atoms with E-state index in [0.717, 1.165) is 54.7 Å². The van der Waals surface area contributed by atoms with Gasteiger partial charge in [0, 0.05) is 32.0 Å². The fraction of sp³-hybridized carbons (Fsp3) is 0.423. The Bertz CT molecular complexity index is 1060. The molecule has 8 heteroatoms. The number of hydrogen-bond acceptors (Lipinski definition) is 5. The monoisotopic (exact) mass is 463 g/mol. The van der Waals surface area contributed by atoms with Crippen LogP contribution in [0.2, 0.25) is 0 Å². The molecule has 2 saturated heterocycles. The molecule has 2 fully saturated rings. The number of alkyl carbamates (subject to hydrolysis) is 1. The number of ether oxygens (including phenoxy) is 1. The second kappa shape index (κ2) is 9.10. The van der Waals surface area contributed by atoms with Gasteiger partial charge in [-0.1, -0.05) is 48.5 Å². The van der Waals surface area contributed by atoms with E-state index in [9.17, 15) is 14.4 Å². The van der Waals surface area contributed by atoms with Crippen molar-refractivity contribution in [2.45, 2.75) is 43.2 Å². The molecule has 8 nitrogen and oxygen atoms in total. The Morgan fingerprint density at radius 2 is 1.65 bits per heavy atom. The largest absolute Gasteiger partial charge is 0.481 e. The SMILES string of the molecule is O=C(O)CCC(NC(=O)OCC1c2ccccc2-c2ccccc21)C(=O)NC12CCN(CC1)C2. The Morgan fingerprint density at radius 1 is 1.03 bits per heavy atom. The van der Waals surface area contributed by atoms with E-state index in [1.54, 1.807) is 0 Å². The maximum absolute atomic E-state index is 13.0. The van der Waals surface area contributed by atoms with E-state index in [4.69, 9.17) is 9.84 Å². The third-order valence-electron chi connectivity index (χ3n) is 7.33. The number of carboxylic acid groups (broad SMARTS) is 1. The standard InChI is InChI=1S/C26H29N3O5/c30-23(31)10-9-22(24(32)28-26-11-13-29(16-26)14-12-26)27-25(33)34-15-21-19-7-3-1-5-17(19)18-6-2-4-8-20(18)21/h1-8,21-22H,9-16H2,(H,27,33)(H,28,32)(H,30,31). The summed E-state index contributed by atoms with van der Waals surface area (Å²) in [6.07, 6.45) is 0.806. The van der Waals surface area contributed by atoms with Gasteiger partial charge in [0.05, 0.1) is 5.54 Å². The van der Waals surface area contributed by atoms with Crippen molar-refractivity contribution in [1.29, 1.82) is 0 Å². The summed E-state index contributed by atoms with van der Waals surface area (Å²) in [4.78, 5) is 39.2. The molecule has 178 valence electrons. The van der Waals surface area contributed by atoms with Gasteiger partial charge >= 0.3 is 12.1 Å². The number of nitrogens with one attached hydrogen (secondary N) is 2. The molecule has 2 aliphatic heterocycles. The zero-order valence-electron chi connectivity index (χ0n) is 19.0. The maximum atomic E-state index is 13.0. The molecule has 2 heterocycles. The van der Waals surface area contributed by atoms with Gasteiger partial charge in [-0.3, -0.25) is 9.59 Å². The lowest BCUT2D eigenvalue weighted by atomic mass is 9.94. The number of rotatable bonds is 8. The van der Waals surface area contributed by atoms with Crippen LogP contribution in [0.3, 0.4) is 0 Å². The second-order valence-corrected chi connectivity index (χ2v) is 9.50. The van der Waals surface area contributed by atoms with Crippen molar-refractivity contribution in [3.8, 4) is 11.1 Å². The summed E-state index contributed by atoms with van der Waals surface area (Å²) in [5, 5.41) is 14.8. The molecule has 2 amide bonds. The molecule has 3 N–H and O–H groups in total. The van der Waals surface area contributed by atoms with E-state index in [1.165, 1.54) is 0 Å². The van der Waals surface area contributed by atoms with Crippen LogP contribution >= 0.6 is 0 Å². The zero-order valence-corrected chi connectivity index (χ0v) is 19.0. The topological polar surface area (TPSA) is 108 Å². The van der Waals surface area contributed by atoms with Gasteiger partial charge in [0.2, 0.25) is 5.91 Å². The smallest absolute Gasteiger partial charge is 0.407 e. The van der Waals surface area contributed by atoms with Crippen molar-refractivity contribution >= 4 is 18.0 Å². The number of carboxylic acids is 1. The van der Waals surface area contributed by atoms with Crippen molar-refractivity contribution in [1.82, 2.24) is 15.5 Å². The molecule has 1 aliphatic carbocycles. The van der Waals surface area contributed by atoms with Gasteiger partial charge in [0.15, 0.2) is 0 Å². The summed E-state index contributed by atoms with van der Waals surface area (Å²) in [6, 6.07) is 15.2. The summed E-state index contributed by atoms with van der Waals surface area (Å²) in [5.74, 6) is -1.46. The Balaban J connectivity index is 1.24. The van der Waals surface area contributed by atoms with E-state index in [1.807, 2.05) is 36.4 Å². The van der Waals surface area contributed by atoms with E-state index in [0.29, 0.717) is 0 Å². The molecule has 34 heavy (non-hydrogen) atoms. The number of carbonyl (C=O) groups is 3. The number of aliphatic carboxylic acids is 1. The molecule has 0 aromatic heterocycles. The van der Waals surface area contributed by atoms with Gasteiger partial charge in [0.25, 0.3) is 0 Å². The third kappa shape index (κ3) is 4.37. The highest BCUT2D eigenvalue weighted by Crippen LogP contribution is 2.44. The summed E-state index contributed by atoms with van der Waals surface area (Å²) < 4.78 is 5.57. The van der Waals surface area contributed by atoms with E-state index >= 15 is 0 Å². The first-order chi connectivity index (χ1) is 16.4. The molecule has 0 saturated carbocycles. The summed E-state index contributed by atoms with van der Waals surface area (Å²) in [5.41, 5.74) is 4.19. The number of nitrogens with zero attached hydrogens (tertiary/aromatic N) is 1. The number of piperidine rings is 1. The Labute approximate surface area is 198 Å². The summed E-state index contributed by atoms with van der Waals surface area (Å²) >= 11 is 0. The molecule has 1 unspecified atom stereocenters. The highest BCUT2D eigenvalue weighted by Gasteiger charge is 2.45. The van der Waals surface area contributed by atoms with Gasteiger partial charge in [-0.25, -0.2) is 4.79 Å². The fourth-order valence-corrected chi connectivity index (χ4v) is 5.56. The van der Waals surface area contributed by atoms with Crippen LogP contribution in [0.5, 0.6) is 0 Å². The molecule has 2 bridgehead atoms. The van der Waals surface area contributed by atoms with Gasteiger partial charge < -0.3 is 25.4 Å². The van der Waals surface area contributed by atoms with Crippen molar-refractivity contribution < 1.29 is 24.2 Å². The lowest BCUT2D eigenvalue weighted by Gasteiger charge is -2.29. The molecule has 0 spiro atoms. The lowest BCUT2D eigenvalue weighted by molar-refractivity contribution is -0.137. The average Bonchev–Trinajstić information content (AvgIpc) is 3.51. The van der Waals surface area contributed by atoms with Crippen molar-refractivity contribution in [3.63, 3.8) is 0 Å². The van der Waals surface area contributed by atoms with E-state index in [2.05, 4.69) is 27.7 Å². The van der Waals surface area contributed by atoms with Crippen molar-refractivity contribution in [3.05, 3.63) is 59.7 Å². The first kappa shape index (κ1) is 22.4. The van der Waals surface area contributed by atoms with Crippen LogP contribution in [0.15, 0.2) is 48.5 Å². The highest BCUT2D eigenvalue weighted by molar-refractivity contribution is 5.87. The van der Waals surface area contributed by atoms with E-state index in [-0.39, 0.29) is 36.8 Å². The zero-order chi connectivity index (χ0) is 23.7. The summed E-state index contributed by atoms with van der Waals surface area (Å²) in [6.45, 7) is 2.82. The number of benzene rings is 2. The normalized spacial score (nSPS) is 23.1. The summed E-state index contributed by atoms with van der Waals surface area (Å²) in [7, 11) is 0. The average molecular weight is 464 g/mol. The van der Waals surface area contributed by atoms with Gasteiger partial charge in [0.1, 0.15) is 12.6 Å². The van der Waals surface area contributed by atoms with Gasteiger partial charge in [-0.05, 0) is 41.5 Å². The first-order valence-electron chi connectivity index (χ1n) is 11.8. The van der Waals surface area contributed by atoms with Crippen LogP contribution in [0.25, 0.3) is 11.1 Å². The van der Waals surface area contributed by atoms with Gasteiger partial charge in [-0.2, -0.15) is 0 Å². The fourth-order valence-electron chi connectivity index (χ4n) is 5.56. The minimum Gasteiger partial charge on any atom is -0.481 e. The van der Waals surface area contributed by atoms with Crippen molar-refractivity contribution in [2.75, 3.05) is 26.2 Å². The van der Waals surface area contributed by atoms with Gasteiger partial charge in [-0.15, -0.1) is 0 Å². The molecular weight excluding hydrogens is 434 g/mol. The predicted octanol–water partition coefficient (Wildman–Crippen LogP) is 2.72. The van der Waals surface area contributed by atoms with Crippen LogP contribution in [0.4, 0.5) is 4.79 Å². The van der Waals surface area contributed by atoms with Crippen molar-refractivity contribution in [2.24, 2.45) is 0 Å². The number of fused-ring (bicyclic) bond motifs is 5. The molecule has 3 aliphatic rings. The predicted molar refractivity (Wildman–Crippen MR) is 125 cm³/mol. The molecule has 0 radical (unpaired) electrons. The van der Waals surface area contributed by atoms with Crippen LogP contribution < -0.4 is 10.6 Å². The quantitative estimate of drug-likeness (QED) is 0.556. The Hall–Kier alpha value is -3.39. The van der Waals surface area contributed by atoms with Crippen LogP contribution in [-0.4, -0.2) is 65.8 Å². The molecule has 1 atom stereocenters. The number of carbonyl (C=O) groups excluding carboxylic acids is 2. The number of hydrogen-bond donors (Lipinski definition) is 3. The van der Waals surface area contributed by atoms with Crippen LogP contribution in [0, 0.1) is 0 Å².